The molecule has 0 radical (unpaired) electrons. The number of nitrogens with zero attached hydrogens (tertiary/aromatic N) is 4. The molecule has 186 valence electrons. The van der Waals surface area contributed by atoms with Crippen LogP contribution < -0.4 is 5.32 Å². The van der Waals surface area contributed by atoms with E-state index < -0.39 is 12.2 Å². The molecule has 1 N–H and O–H groups in total. The third-order valence-electron chi connectivity index (χ3n) is 6.35. The van der Waals surface area contributed by atoms with Gasteiger partial charge in [-0.3, -0.25) is 9.59 Å². The van der Waals surface area contributed by atoms with Gasteiger partial charge in [-0.05, 0) is 29.2 Å². The van der Waals surface area contributed by atoms with E-state index >= 15 is 0 Å². The lowest BCUT2D eigenvalue weighted by molar-refractivity contribution is -0.190. The van der Waals surface area contributed by atoms with Gasteiger partial charge in [0.2, 0.25) is 11.8 Å². The molecule has 0 aliphatic carbocycles. The zero-order chi connectivity index (χ0) is 25.3. The molecule has 4 amide bonds. The Hall–Kier alpha value is -2.81. The van der Waals surface area contributed by atoms with E-state index in [-0.39, 0.29) is 36.9 Å². The van der Waals surface area contributed by atoms with E-state index in [1.165, 1.54) is 0 Å². The van der Waals surface area contributed by atoms with Gasteiger partial charge in [0.25, 0.3) is 0 Å². The predicted molar refractivity (Wildman–Crippen MR) is 134 cm³/mol. The van der Waals surface area contributed by atoms with Gasteiger partial charge in [0.1, 0.15) is 12.2 Å². The molecule has 2 aliphatic heterocycles. The van der Waals surface area contributed by atoms with E-state index in [1.54, 1.807) is 39.0 Å². The number of nitrogens with one attached hydrogen (secondary N) is 1. The van der Waals surface area contributed by atoms with Crippen molar-refractivity contribution in [2.75, 3.05) is 20.1 Å². The fourth-order valence-corrected chi connectivity index (χ4v) is 5.04. The molecule has 2 fully saturated rings. The fraction of sp³-hybridized carbons (Fsp3) is 0.400. The lowest BCUT2D eigenvalue weighted by Gasteiger charge is -2.55. The van der Waals surface area contributed by atoms with Crippen LogP contribution in [0.3, 0.4) is 0 Å². The van der Waals surface area contributed by atoms with Gasteiger partial charge in [-0.1, -0.05) is 73.4 Å². The van der Waals surface area contributed by atoms with Crippen LogP contribution in [0.1, 0.15) is 25.0 Å². The first-order valence-electron chi connectivity index (χ1n) is 11.5. The number of amides is 4. The number of likely N-dealkylation sites (N-methyl/N-ethyl adjacent to an activating group) is 1. The van der Waals surface area contributed by atoms with E-state index in [2.05, 4.69) is 5.32 Å². The summed E-state index contributed by atoms with van der Waals surface area (Å²) in [5, 5.41) is 6.97. The summed E-state index contributed by atoms with van der Waals surface area (Å²) in [6.07, 6.45) is -0.634. The largest absolute Gasteiger partial charge is 0.334 e. The van der Waals surface area contributed by atoms with Crippen molar-refractivity contribution in [3.05, 3.63) is 69.7 Å². The normalized spacial score (nSPS) is 20.9. The molecule has 2 saturated heterocycles. The molecule has 35 heavy (non-hydrogen) atoms. The van der Waals surface area contributed by atoms with Crippen molar-refractivity contribution in [2.24, 2.45) is 5.92 Å². The number of fused-ring (bicyclic) bond motifs is 1. The highest BCUT2D eigenvalue weighted by Crippen LogP contribution is 2.31. The van der Waals surface area contributed by atoms with Crippen molar-refractivity contribution >= 4 is 41.0 Å². The number of rotatable bonds is 5. The number of hydrogen-bond acceptors (Lipinski definition) is 4. The molecule has 2 aromatic carbocycles. The minimum absolute atomic E-state index is 0.0124. The van der Waals surface area contributed by atoms with E-state index in [4.69, 9.17) is 23.2 Å². The Morgan fingerprint density at radius 3 is 2.43 bits per heavy atom. The molecule has 0 bridgehead atoms. The standard InChI is InChI=1S/C25H29Cl2N5O3/c1-16(2)23-24(34)30(13-18-9-10-19(26)20(27)11-18)14-21-31(23)22(33)15-29(3)32(21)25(35)28-12-17-7-5-4-6-8-17/h4-11,16,21,23H,12-15H2,1-3H3,(H,28,35)/t21-,23-/m0/s1. The molecular formula is C25H29Cl2N5O3. The highest BCUT2D eigenvalue weighted by Gasteiger charge is 2.51. The SMILES string of the molecule is CC(C)[C@H]1C(=O)N(Cc2ccc(Cl)c(Cl)c2)C[C@H]2N1C(=O)CN(C)N2C(=O)NCc1ccccc1. The first-order valence-corrected chi connectivity index (χ1v) is 12.3. The van der Waals surface area contributed by atoms with Crippen molar-refractivity contribution in [2.45, 2.75) is 39.1 Å². The number of hydrogen-bond donors (Lipinski definition) is 1. The second-order valence-electron chi connectivity index (χ2n) is 9.24. The number of hydrazine groups is 1. The van der Waals surface area contributed by atoms with Crippen molar-refractivity contribution in [3.63, 3.8) is 0 Å². The smallest absolute Gasteiger partial charge is 0.333 e. The Bertz CT molecular complexity index is 1110. The van der Waals surface area contributed by atoms with Gasteiger partial charge in [0.15, 0.2) is 0 Å². The maximum absolute atomic E-state index is 13.5. The summed E-state index contributed by atoms with van der Waals surface area (Å²) >= 11 is 12.2. The summed E-state index contributed by atoms with van der Waals surface area (Å²) in [5.41, 5.74) is 1.79. The molecular weight excluding hydrogens is 489 g/mol. The Kier molecular flexibility index (Phi) is 7.54. The quantitative estimate of drug-likeness (QED) is 0.657. The number of carbonyl (C=O) groups excluding carboxylic acids is 3. The third kappa shape index (κ3) is 5.24. The molecule has 4 rings (SSSR count). The van der Waals surface area contributed by atoms with Gasteiger partial charge in [0, 0.05) is 20.1 Å². The average Bonchev–Trinajstić information content (AvgIpc) is 2.81. The molecule has 0 spiro atoms. The Morgan fingerprint density at radius 2 is 1.77 bits per heavy atom. The average molecular weight is 518 g/mol. The first-order chi connectivity index (χ1) is 16.7. The third-order valence-corrected chi connectivity index (χ3v) is 7.09. The highest BCUT2D eigenvalue weighted by molar-refractivity contribution is 6.42. The molecule has 10 heteroatoms. The minimum atomic E-state index is -0.679. The van der Waals surface area contributed by atoms with Crippen molar-refractivity contribution < 1.29 is 14.4 Å². The van der Waals surface area contributed by atoms with Gasteiger partial charge >= 0.3 is 6.03 Å². The first kappa shape index (κ1) is 25.3. The summed E-state index contributed by atoms with van der Waals surface area (Å²) in [6, 6.07) is 13.9. The van der Waals surface area contributed by atoms with Crippen LogP contribution >= 0.6 is 23.2 Å². The summed E-state index contributed by atoms with van der Waals surface area (Å²) in [4.78, 5) is 43.3. The molecule has 8 nitrogen and oxygen atoms in total. The van der Waals surface area contributed by atoms with Crippen LogP contribution in [0.25, 0.3) is 0 Å². The minimum Gasteiger partial charge on any atom is -0.333 e. The van der Waals surface area contributed by atoms with Crippen LogP contribution in [0.15, 0.2) is 48.5 Å². The van der Waals surface area contributed by atoms with E-state index in [0.717, 1.165) is 11.1 Å². The summed E-state index contributed by atoms with van der Waals surface area (Å²) in [7, 11) is 1.71. The van der Waals surface area contributed by atoms with Crippen LogP contribution in [0.5, 0.6) is 0 Å². The number of urea groups is 1. The van der Waals surface area contributed by atoms with Crippen LogP contribution in [-0.4, -0.2) is 70.0 Å². The summed E-state index contributed by atoms with van der Waals surface area (Å²) in [6.45, 7) is 4.65. The van der Waals surface area contributed by atoms with Crippen molar-refractivity contribution in [1.82, 2.24) is 25.1 Å². The molecule has 2 aromatic rings. The second-order valence-corrected chi connectivity index (χ2v) is 10.1. The van der Waals surface area contributed by atoms with Gasteiger partial charge in [0.05, 0.1) is 23.1 Å². The Morgan fingerprint density at radius 1 is 1.06 bits per heavy atom. The predicted octanol–water partition coefficient (Wildman–Crippen LogP) is 3.59. The molecule has 0 saturated carbocycles. The van der Waals surface area contributed by atoms with Gasteiger partial charge < -0.3 is 15.1 Å². The van der Waals surface area contributed by atoms with Crippen LogP contribution in [0.2, 0.25) is 10.0 Å². The Labute approximate surface area is 215 Å². The van der Waals surface area contributed by atoms with Crippen LogP contribution in [0.4, 0.5) is 4.79 Å². The summed E-state index contributed by atoms with van der Waals surface area (Å²) in [5.74, 6) is -0.459. The van der Waals surface area contributed by atoms with Gasteiger partial charge in [-0.15, -0.1) is 0 Å². The lowest BCUT2D eigenvalue weighted by atomic mass is 9.96. The molecule has 2 atom stereocenters. The van der Waals surface area contributed by atoms with Gasteiger partial charge in [-0.2, -0.15) is 0 Å². The van der Waals surface area contributed by atoms with E-state index in [0.29, 0.717) is 23.1 Å². The molecule has 2 aliphatic rings. The maximum Gasteiger partial charge on any atom is 0.334 e. The van der Waals surface area contributed by atoms with Crippen LogP contribution in [-0.2, 0) is 22.7 Å². The highest BCUT2D eigenvalue weighted by atomic mass is 35.5. The topological polar surface area (TPSA) is 76.2 Å². The second kappa shape index (κ2) is 10.4. The Balaban J connectivity index is 1.61. The monoisotopic (exact) mass is 517 g/mol. The maximum atomic E-state index is 13.5. The van der Waals surface area contributed by atoms with E-state index in [9.17, 15) is 14.4 Å². The molecule has 2 heterocycles. The number of piperazine rings is 1. The fourth-order valence-electron chi connectivity index (χ4n) is 4.72. The number of carbonyl (C=O) groups is 3. The molecule has 0 unspecified atom stereocenters. The molecule has 0 aromatic heterocycles. The number of halogens is 2. The summed E-state index contributed by atoms with van der Waals surface area (Å²) < 4.78 is 0. The van der Waals surface area contributed by atoms with Gasteiger partial charge in [-0.25, -0.2) is 14.8 Å². The van der Waals surface area contributed by atoms with E-state index in [1.807, 2.05) is 50.2 Å². The zero-order valence-electron chi connectivity index (χ0n) is 19.9. The van der Waals surface area contributed by atoms with Crippen molar-refractivity contribution in [3.8, 4) is 0 Å². The lowest BCUT2D eigenvalue weighted by Crippen LogP contribution is -2.76. The van der Waals surface area contributed by atoms with Crippen LogP contribution in [0, 0.1) is 5.92 Å². The number of benzene rings is 2. The van der Waals surface area contributed by atoms with Crippen molar-refractivity contribution in [1.29, 1.82) is 0 Å². The zero-order valence-corrected chi connectivity index (χ0v) is 21.5.